The van der Waals surface area contributed by atoms with Gasteiger partial charge in [0.05, 0.1) is 6.61 Å². The third kappa shape index (κ3) is 6.59. The summed E-state index contributed by atoms with van der Waals surface area (Å²) in [5.74, 6) is 1.42. The second-order valence-electron chi connectivity index (χ2n) is 7.32. The van der Waals surface area contributed by atoms with Crippen molar-refractivity contribution in [1.29, 1.82) is 0 Å². The van der Waals surface area contributed by atoms with Crippen molar-refractivity contribution in [2.24, 2.45) is 11.7 Å². The van der Waals surface area contributed by atoms with E-state index in [-0.39, 0.29) is 12.4 Å². The Kier molecular flexibility index (Phi) is 8.66. The molecule has 1 aliphatic carbocycles. The molecule has 2 aromatic rings. The molecule has 1 saturated carbocycles. The van der Waals surface area contributed by atoms with Crippen molar-refractivity contribution in [2.75, 3.05) is 6.61 Å². The summed E-state index contributed by atoms with van der Waals surface area (Å²) in [6, 6.07) is 15.4. The molecule has 3 rings (SSSR count). The Morgan fingerprint density at radius 3 is 2.41 bits per heavy atom. The molecule has 146 valence electrons. The first-order chi connectivity index (χ1) is 12.7. The summed E-state index contributed by atoms with van der Waals surface area (Å²) in [5.41, 5.74) is 7.91. The minimum absolute atomic E-state index is 0. The molecule has 3 nitrogen and oxygen atoms in total. The predicted octanol–water partition coefficient (Wildman–Crippen LogP) is 6.00. The molecule has 0 spiro atoms. The van der Waals surface area contributed by atoms with Crippen LogP contribution in [0.5, 0.6) is 5.75 Å². The number of hydrogen-bond donors (Lipinski definition) is 1. The van der Waals surface area contributed by atoms with Crippen LogP contribution in [-0.4, -0.2) is 12.5 Å². The fourth-order valence-electron chi connectivity index (χ4n) is 3.82. The van der Waals surface area contributed by atoms with Gasteiger partial charge >= 0.3 is 0 Å². The smallest absolute Gasteiger partial charge is 0.248 e. The van der Waals surface area contributed by atoms with Gasteiger partial charge in [-0.1, -0.05) is 62.8 Å². The number of primary amides is 1. The zero-order chi connectivity index (χ0) is 18.2. The highest BCUT2D eigenvalue weighted by atomic mass is 35.5. The second-order valence-corrected chi connectivity index (χ2v) is 7.32. The van der Waals surface area contributed by atoms with Crippen LogP contribution < -0.4 is 10.5 Å². The molecule has 2 aromatic carbocycles. The summed E-state index contributed by atoms with van der Waals surface area (Å²) in [7, 11) is 0. The first kappa shape index (κ1) is 21.3. The number of rotatable bonds is 8. The number of unbranched alkanes of at least 4 members (excludes halogenated alkanes) is 1. The number of carbonyl (C=O) groups excluding carboxylic acids is 1. The van der Waals surface area contributed by atoms with E-state index >= 15 is 0 Å². The Hall–Kier alpha value is -2.00. The van der Waals surface area contributed by atoms with Crippen LogP contribution in [0.25, 0.3) is 11.1 Å². The van der Waals surface area contributed by atoms with Gasteiger partial charge in [-0.2, -0.15) is 0 Å². The molecule has 0 aromatic heterocycles. The van der Waals surface area contributed by atoms with Crippen LogP contribution in [0, 0.1) is 5.92 Å². The molecule has 0 heterocycles. The zero-order valence-electron chi connectivity index (χ0n) is 15.9. The fourth-order valence-corrected chi connectivity index (χ4v) is 3.82. The van der Waals surface area contributed by atoms with Crippen LogP contribution >= 0.6 is 12.4 Å². The minimum atomic E-state index is -0.405. The average Bonchev–Trinajstić information content (AvgIpc) is 2.69. The van der Waals surface area contributed by atoms with Gasteiger partial charge in [-0.3, -0.25) is 4.79 Å². The van der Waals surface area contributed by atoms with Crippen molar-refractivity contribution in [1.82, 2.24) is 0 Å². The SMILES string of the molecule is Cl.NC(=O)c1cccc(-c2cccc(OCCCCC3CCCCC3)c2)c1. The normalized spacial score (nSPS) is 14.4. The summed E-state index contributed by atoms with van der Waals surface area (Å²) in [6.07, 6.45) is 10.8. The van der Waals surface area contributed by atoms with Gasteiger partial charge in [0.2, 0.25) is 5.91 Å². The molecule has 0 radical (unpaired) electrons. The van der Waals surface area contributed by atoms with Gasteiger partial charge in [0.1, 0.15) is 5.75 Å². The number of halogens is 1. The molecule has 0 aliphatic heterocycles. The van der Waals surface area contributed by atoms with Gasteiger partial charge in [-0.05, 0) is 54.2 Å². The molecule has 2 N–H and O–H groups in total. The molecule has 0 saturated heterocycles. The lowest BCUT2D eigenvalue weighted by atomic mass is 9.86. The Morgan fingerprint density at radius 2 is 1.67 bits per heavy atom. The van der Waals surface area contributed by atoms with Crippen molar-refractivity contribution in [3.63, 3.8) is 0 Å². The summed E-state index contributed by atoms with van der Waals surface area (Å²) in [4.78, 5) is 11.4. The van der Waals surface area contributed by atoms with Gasteiger partial charge in [0, 0.05) is 5.56 Å². The van der Waals surface area contributed by atoms with Gasteiger partial charge in [0.15, 0.2) is 0 Å². The number of hydrogen-bond acceptors (Lipinski definition) is 2. The van der Waals surface area contributed by atoms with Crippen LogP contribution in [0.3, 0.4) is 0 Å². The third-order valence-corrected chi connectivity index (χ3v) is 5.31. The van der Waals surface area contributed by atoms with E-state index < -0.39 is 5.91 Å². The van der Waals surface area contributed by atoms with E-state index in [1.54, 1.807) is 6.07 Å². The van der Waals surface area contributed by atoms with Crippen LogP contribution in [0.4, 0.5) is 0 Å². The molecular weight excluding hydrogens is 358 g/mol. The summed E-state index contributed by atoms with van der Waals surface area (Å²) >= 11 is 0. The zero-order valence-corrected chi connectivity index (χ0v) is 16.7. The number of nitrogens with two attached hydrogens (primary N) is 1. The molecule has 0 unspecified atom stereocenters. The fraction of sp³-hybridized carbons (Fsp3) is 0.435. The number of carbonyl (C=O) groups is 1. The Morgan fingerprint density at radius 1 is 0.963 bits per heavy atom. The highest BCUT2D eigenvalue weighted by Crippen LogP contribution is 2.28. The van der Waals surface area contributed by atoms with Gasteiger partial charge < -0.3 is 10.5 Å². The Bertz CT molecular complexity index is 726. The monoisotopic (exact) mass is 387 g/mol. The maximum Gasteiger partial charge on any atom is 0.248 e. The van der Waals surface area contributed by atoms with Crippen LogP contribution in [-0.2, 0) is 0 Å². The van der Waals surface area contributed by atoms with Crippen LogP contribution in [0.15, 0.2) is 48.5 Å². The molecule has 1 aliphatic rings. The Labute approximate surface area is 168 Å². The standard InChI is InChI=1S/C23H29NO2.ClH/c24-23(25)21-13-6-11-19(16-21)20-12-7-14-22(17-20)26-15-5-4-10-18-8-2-1-3-9-18;/h6-7,11-14,16-18H,1-5,8-10,15H2,(H2,24,25);1H. The first-order valence-electron chi connectivity index (χ1n) is 9.85. The topological polar surface area (TPSA) is 52.3 Å². The molecule has 4 heteroatoms. The summed E-state index contributed by atoms with van der Waals surface area (Å²) < 4.78 is 5.94. The van der Waals surface area contributed by atoms with Gasteiger partial charge in [-0.25, -0.2) is 0 Å². The molecule has 1 amide bonds. The molecule has 0 atom stereocenters. The summed E-state index contributed by atoms with van der Waals surface area (Å²) in [6.45, 7) is 0.761. The average molecular weight is 388 g/mol. The lowest BCUT2D eigenvalue weighted by Gasteiger charge is -2.21. The van der Waals surface area contributed by atoms with E-state index in [2.05, 4.69) is 0 Å². The maximum absolute atomic E-state index is 11.4. The number of benzene rings is 2. The lowest BCUT2D eigenvalue weighted by Crippen LogP contribution is -2.10. The second kappa shape index (κ2) is 11.0. The maximum atomic E-state index is 11.4. The molecule has 27 heavy (non-hydrogen) atoms. The lowest BCUT2D eigenvalue weighted by molar-refractivity contribution is 0.100. The molecule has 0 bridgehead atoms. The predicted molar refractivity (Wildman–Crippen MR) is 114 cm³/mol. The van der Waals surface area contributed by atoms with E-state index in [4.69, 9.17) is 10.5 Å². The van der Waals surface area contributed by atoms with Gasteiger partial charge in [-0.15, -0.1) is 12.4 Å². The quantitative estimate of drug-likeness (QED) is 0.564. The van der Waals surface area contributed by atoms with Crippen molar-refractivity contribution in [3.8, 4) is 16.9 Å². The molecule has 1 fully saturated rings. The molecular formula is C23H30ClNO2. The number of ether oxygens (including phenoxy) is 1. The van der Waals surface area contributed by atoms with E-state index in [1.165, 1.54) is 44.9 Å². The Balaban J connectivity index is 0.00000261. The summed E-state index contributed by atoms with van der Waals surface area (Å²) in [5, 5.41) is 0. The minimum Gasteiger partial charge on any atom is -0.494 e. The van der Waals surface area contributed by atoms with Crippen molar-refractivity contribution >= 4 is 18.3 Å². The van der Waals surface area contributed by atoms with E-state index in [1.807, 2.05) is 42.5 Å². The van der Waals surface area contributed by atoms with Crippen LogP contribution in [0.2, 0.25) is 0 Å². The van der Waals surface area contributed by atoms with E-state index in [9.17, 15) is 4.79 Å². The van der Waals surface area contributed by atoms with Crippen molar-refractivity contribution in [2.45, 2.75) is 51.4 Å². The first-order valence-corrected chi connectivity index (χ1v) is 9.85. The highest BCUT2D eigenvalue weighted by Gasteiger charge is 2.12. The largest absolute Gasteiger partial charge is 0.494 e. The van der Waals surface area contributed by atoms with Crippen molar-refractivity contribution in [3.05, 3.63) is 54.1 Å². The van der Waals surface area contributed by atoms with Crippen molar-refractivity contribution < 1.29 is 9.53 Å². The number of amides is 1. The third-order valence-electron chi connectivity index (χ3n) is 5.31. The van der Waals surface area contributed by atoms with Gasteiger partial charge in [0.25, 0.3) is 0 Å². The van der Waals surface area contributed by atoms with E-state index in [0.29, 0.717) is 5.56 Å². The van der Waals surface area contributed by atoms with E-state index in [0.717, 1.165) is 35.8 Å². The van der Waals surface area contributed by atoms with Crippen LogP contribution in [0.1, 0.15) is 61.7 Å². The highest BCUT2D eigenvalue weighted by molar-refractivity contribution is 5.94.